The van der Waals surface area contributed by atoms with Crippen LogP contribution in [-0.4, -0.2) is 40.7 Å². The number of aliphatic hydroxyl groups excluding tert-OH is 1. The van der Waals surface area contributed by atoms with Gasteiger partial charge in [-0.05, 0) is 79.5 Å². The van der Waals surface area contributed by atoms with Crippen LogP contribution in [0, 0.1) is 11.3 Å². The van der Waals surface area contributed by atoms with Crippen LogP contribution in [0.3, 0.4) is 0 Å². The van der Waals surface area contributed by atoms with Crippen LogP contribution in [0.5, 0.6) is 0 Å². The van der Waals surface area contributed by atoms with Gasteiger partial charge in [-0.25, -0.2) is 0 Å². The predicted octanol–water partition coefficient (Wildman–Crippen LogP) is 4.88. The van der Waals surface area contributed by atoms with Crippen molar-refractivity contribution in [3.05, 3.63) is 76.3 Å². The van der Waals surface area contributed by atoms with Crippen molar-refractivity contribution >= 4 is 17.3 Å². The highest BCUT2D eigenvalue weighted by Crippen LogP contribution is 2.29. The Labute approximate surface area is 212 Å². The molecule has 4 rings (SSSR count). The zero-order valence-electron chi connectivity index (χ0n) is 21.4. The molecular formula is C29H36N4O3. The number of nitrogens with one attached hydrogen (secondary N) is 2. The minimum Gasteiger partial charge on any atom is -0.396 e. The van der Waals surface area contributed by atoms with Gasteiger partial charge in [-0.1, -0.05) is 26.8 Å². The third kappa shape index (κ3) is 6.21. The molecule has 2 aromatic heterocycles. The van der Waals surface area contributed by atoms with E-state index in [1.807, 2.05) is 30.3 Å². The van der Waals surface area contributed by atoms with E-state index in [-0.39, 0.29) is 35.1 Å². The molecule has 0 spiro atoms. The molecular weight excluding hydrogens is 452 g/mol. The highest BCUT2D eigenvalue weighted by atomic mass is 16.3. The number of aliphatic hydroxyl groups is 1. The number of amides is 1. The summed E-state index contributed by atoms with van der Waals surface area (Å²) in [4.78, 5) is 35.2. The summed E-state index contributed by atoms with van der Waals surface area (Å²) in [6, 6.07) is 14.9. The molecule has 3 heterocycles. The average Bonchev–Trinajstić information content (AvgIpc) is 2.88. The van der Waals surface area contributed by atoms with Gasteiger partial charge >= 0.3 is 0 Å². The van der Waals surface area contributed by atoms with E-state index in [4.69, 9.17) is 4.98 Å². The summed E-state index contributed by atoms with van der Waals surface area (Å²) in [6.45, 7) is 8.49. The second-order valence-electron chi connectivity index (χ2n) is 10.6. The van der Waals surface area contributed by atoms with Crippen molar-refractivity contribution in [1.29, 1.82) is 0 Å². The number of pyridine rings is 2. The van der Waals surface area contributed by atoms with Crippen molar-refractivity contribution in [2.45, 2.75) is 46.5 Å². The summed E-state index contributed by atoms with van der Waals surface area (Å²) in [5.74, 6) is -0.257. The van der Waals surface area contributed by atoms with Crippen LogP contribution in [0.25, 0.3) is 11.3 Å². The number of piperidine rings is 1. The van der Waals surface area contributed by atoms with Gasteiger partial charge in [-0.15, -0.1) is 0 Å². The van der Waals surface area contributed by atoms with E-state index in [1.54, 1.807) is 24.4 Å². The van der Waals surface area contributed by atoms with Crippen LogP contribution in [-0.2, 0) is 6.42 Å². The molecule has 36 heavy (non-hydrogen) atoms. The third-order valence-corrected chi connectivity index (χ3v) is 7.01. The van der Waals surface area contributed by atoms with Crippen molar-refractivity contribution in [1.82, 2.24) is 9.97 Å². The van der Waals surface area contributed by atoms with Gasteiger partial charge in [0.05, 0.1) is 5.69 Å². The fraction of sp³-hybridized carbons (Fsp3) is 0.414. The maximum atomic E-state index is 12.9. The summed E-state index contributed by atoms with van der Waals surface area (Å²) in [5.41, 5.74) is 3.62. The molecule has 1 fully saturated rings. The molecule has 1 amide bonds. The Balaban J connectivity index is 1.50. The number of benzene rings is 1. The van der Waals surface area contributed by atoms with Gasteiger partial charge in [0.25, 0.3) is 11.5 Å². The zero-order valence-corrected chi connectivity index (χ0v) is 21.4. The Kier molecular flexibility index (Phi) is 7.89. The molecule has 1 saturated heterocycles. The molecule has 190 valence electrons. The topological polar surface area (TPSA) is 98.3 Å². The summed E-state index contributed by atoms with van der Waals surface area (Å²) in [6.07, 6.45) is 5.90. The van der Waals surface area contributed by atoms with E-state index in [0.29, 0.717) is 23.2 Å². The Hall–Kier alpha value is -3.45. The lowest BCUT2D eigenvalue weighted by molar-refractivity contribution is 0.102. The summed E-state index contributed by atoms with van der Waals surface area (Å²) in [5, 5.41) is 12.6. The lowest BCUT2D eigenvalue weighted by Gasteiger charge is -2.28. The molecule has 0 radical (unpaired) electrons. The van der Waals surface area contributed by atoms with Crippen LogP contribution in [0.15, 0.2) is 59.5 Å². The number of carbonyl (C=O) groups is 1. The number of H-pyrrole nitrogens is 1. The molecule has 3 N–H and O–H groups in total. The number of aromatic amines is 1. The van der Waals surface area contributed by atoms with Gasteiger partial charge in [-0.2, -0.15) is 0 Å². The Morgan fingerprint density at radius 1 is 1.11 bits per heavy atom. The first-order chi connectivity index (χ1) is 17.2. The first-order valence-corrected chi connectivity index (χ1v) is 12.7. The number of hydrogen-bond donors (Lipinski definition) is 3. The van der Waals surface area contributed by atoms with Crippen molar-refractivity contribution < 1.29 is 9.90 Å². The number of anilines is 2. The number of rotatable bonds is 7. The van der Waals surface area contributed by atoms with E-state index in [2.05, 4.69) is 36.0 Å². The van der Waals surface area contributed by atoms with E-state index < -0.39 is 0 Å². The smallest absolute Gasteiger partial charge is 0.271 e. The van der Waals surface area contributed by atoms with Gasteiger partial charge in [0.2, 0.25) is 0 Å². The molecule has 0 saturated carbocycles. The molecule has 1 unspecified atom stereocenters. The summed E-state index contributed by atoms with van der Waals surface area (Å²) >= 11 is 0. The third-order valence-electron chi connectivity index (χ3n) is 7.01. The summed E-state index contributed by atoms with van der Waals surface area (Å²) in [7, 11) is 0. The van der Waals surface area contributed by atoms with Crippen molar-refractivity contribution in [2.24, 2.45) is 11.3 Å². The van der Waals surface area contributed by atoms with Gasteiger partial charge < -0.3 is 20.3 Å². The van der Waals surface area contributed by atoms with Gasteiger partial charge in [0.1, 0.15) is 5.69 Å². The maximum Gasteiger partial charge on any atom is 0.271 e. The van der Waals surface area contributed by atoms with Crippen molar-refractivity contribution in [2.75, 3.05) is 29.9 Å². The fourth-order valence-corrected chi connectivity index (χ4v) is 4.55. The Morgan fingerprint density at radius 3 is 2.50 bits per heavy atom. The number of aromatic nitrogens is 2. The molecule has 7 nitrogen and oxygen atoms in total. The molecule has 1 aromatic carbocycles. The molecule has 1 aliphatic heterocycles. The SMILES string of the molecule is CC(C)(C)C(CO)Cc1cccc(-c2c[nH]c(=O)c(NC(=O)c3ccc(N4CCCCC4)cc3)c2)n1. The predicted molar refractivity (Wildman–Crippen MR) is 144 cm³/mol. The Bertz CT molecular complexity index is 1240. The molecule has 0 aliphatic carbocycles. The lowest BCUT2D eigenvalue weighted by Crippen LogP contribution is -2.29. The van der Waals surface area contributed by atoms with Crippen LogP contribution >= 0.6 is 0 Å². The normalized spacial score (nSPS) is 14.9. The lowest BCUT2D eigenvalue weighted by atomic mass is 9.78. The maximum absolute atomic E-state index is 12.9. The van der Waals surface area contributed by atoms with Crippen LogP contribution in [0.2, 0.25) is 0 Å². The standard InChI is InChI=1S/C29H36N4O3/c1-29(2,3)22(19-34)17-23-8-7-9-25(31-23)21-16-26(28(36)30-18-21)32-27(35)20-10-12-24(13-11-20)33-14-5-4-6-15-33/h7-13,16,18,22,34H,4-6,14-15,17,19H2,1-3H3,(H,30,36)(H,32,35). The van der Waals surface area contributed by atoms with Crippen LogP contribution in [0.4, 0.5) is 11.4 Å². The van der Waals surface area contributed by atoms with Gasteiger partial charge in [0, 0.05) is 48.4 Å². The van der Waals surface area contributed by atoms with Crippen molar-refractivity contribution in [3.8, 4) is 11.3 Å². The minimum atomic E-state index is -0.374. The first kappa shape index (κ1) is 25.6. The van der Waals surface area contributed by atoms with Crippen LogP contribution in [0.1, 0.15) is 56.1 Å². The second-order valence-corrected chi connectivity index (χ2v) is 10.6. The molecule has 1 aliphatic rings. The van der Waals surface area contributed by atoms with E-state index in [0.717, 1.165) is 24.5 Å². The van der Waals surface area contributed by atoms with Crippen LogP contribution < -0.4 is 15.8 Å². The largest absolute Gasteiger partial charge is 0.396 e. The average molecular weight is 489 g/mol. The molecule has 1 atom stereocenters. The molecule has 7 heteroatoms. The second kappa shape index (κ2) is 11.1. The first-order valence-electron chi connectivity index (χ1n) is 12.7. The number of hydrogen-bond acceptors (Lipinski definition) is 5. The zero-order chi connectivity index (χ0) is 25.7. The van der Waals surface area contributed by atoms with E-state index >= 15 is 0 Å². The summed E-state index contributed by atoms with van der Waals surface area (Å²) < 4.78 is 0. The molecule has 3 aromatic rings. The number of nitrogens with zero attached hydrogens (tertiary/aromatic N) is 2. The monoisotopic (exact) mass is 488 g/mol. The quantitative estimate of drug-likeness (QED) is 0.440. The van der Waals surface area contributed by atoms with Gasteiger partial charge in [0.15, 0.2) is 0 Å². The highest BCUT2D eigenvalue weighted by Gasteiger charge is 2.24. The van der Waals surface area contributed by atoms with E-state index in [1.165, 1.54) is 19.3 Å². The van der Waals surface area contributed by atoms with Gasteiger partial charge in [-0.3, -0.25) is 14.6 Å². The van der Waals surface area contributed by atoms with Crippen molar-refractivity contribution in [3.63, 3.8) is 0 Å². The Morgan fingerprint density at radius 2 is 1.83 bits per heavy atom. The highest BCUT2D eigenvalue weighted by molar-refractivity contribution is 6.04. The number of carbonyl (C=O) groups excluding carboxylic acids is 1. The minimum absolute atomic E-state index is 0.0478. The fourth-order valence-electron chi connectivity index (χ4n) is 4.55. The molecule has 0 bridgehead atoms. The van der Waals surface area contributed by atoms with E-state index in [9.17, 15) is 14.7 Å².